The molecule has 1 saturated carbocycles. The zero-order valence-corrected chi connectivity index (χ0v) is 22.2. The van der Waals surface area contributed by atoms with Crippen molar-refractivity contribution in [2.75, 3.05) is 39.8 Å². The number of carboxylic acid groups (broad SMARTS) is 1. The van der Waals surface area contributed by atoms with E-state index in [0.29, 0.717) is 13.1 Å². The monoisotopic (exact) mass is 491 g/mol. The van der Waals surface area contributed by atoms with Crippen LogP contribution in [-0.4, -0.2) is 78.6 Å². The SMILES string of the molecule is CC.CC1(C(=O)O)CCCCC1.CNC(COC(=O)N1CCN(Cc2ccccc2)CC1)C(C)=O. The minimum atomic E-state index is -0.618. The van der Waals surface area contributed by atoms with Crippen molar-refractivity contribution >= 4 is 17.8 Å². The predicted octanol–water partition coefficient (Wildman–Crippen LogP) is 4.19. The molecule has 1 atom stereocenters. The Morgan fingerprint density at radius 1 is 1.03 bits per heavy atom. The maximum atomic E-state index is 12.1. The zero-order valence-electron chi connectivity index (χ0n) is 22.2. The number of carboxylic acids is 1. The van der Waals surface area contributed by atoms with Crippen LogP contribution in [0.25, 0.3) is 0 Å². The molecule has 1 aliphatic carbocycles. The average molecular weight is 492 g/mol. The molecule has 198 valence electrons. The molecule has 1 aromatic rings. The summed E-state index contributed by atoms with van der Waals surface area (Å²) in [5, 5.41) is 11.6. The van der Waals surface area contributed by atoms with Crippen LogP contribution in [-0.2, 0) is 20.9 Å². The lowest BCUT2D eigenvalue weighted by molar-refractivity contribution is -0.149. The van der Waals surface area contributed by atoms with Crippen molar-refractivity contribution < 1.29 is 24.2 Å². The molecule has 1 aliphatic heterocycles. The van der Waals surface area contributed by atoms with E-state index in [2.05, 4.69) is 22.3 Å². The molecule has 35 heavy (non-hydrogen) atoms. The van der Waals surface area contributed by atoms with Crippen LogP contribution < -0.4 is 5.32 Å². The van der Waals surface area contributed by atoms with Crippen LogP contribution in [0.1, 0.15) is 65.4 Å². The molecule has 0 aromatic heterocycles. The third kappa shape index (κ3) is 10.8. The van der Waals surface area contributed by atoms with Gasteiger partial charge in [0.1, 0.15) is 18.4 Å². The number of carbonyl (C=O) groups excluding carboxylic acids is 2. The summed E-state index contributed by atoms with van der Waals surface area (Å²) < 4.78 is 5.23. The fourth-order valence-corrected chi connectivity index (χ4v) is 4.13. The number of benzene rings is 1. The number of aliphatic carboxylic acids is 1. The summed E-state index contributed by atoms with van der Waals surface area (Å²) >= 11 is 0. The number of rotatable bonds is 7. The van der Waals surface area contributed by atoms with Crippen molar-refractivity contribution in [3.05, 3.63) is 35.9 Å². The van der Waals surface area contributed by atoms with Crippen LogP contribution in [0.2, 0.25) is 0 Å². The normalized spacial score (nSPS) is 18.1. The van der Waals surface area contributed by atoms with Crippen molar-refractivity contribution in [2.24, 2.45) is 5.41 Å². The van der Waals surface area contributed by atoms with Crippen molar-refractivity contribution in [1.82, 2.24) is 15.1 Å². The predicted molar refractivity (Wildman–Crippen MR) is 138 cm³/mol. The second kappa shape index (κ2) is 16.3. The highest BCUT2D eigenvalue weighted by atomic mass is 16.6. The minimum absolute atomic E-state index is 0.0343. The number of hydrogen-bond donors (Lipinski definition) is 2. The van der Waals surface area contributed by atoms with Gasteiger partial charge >= 0.3 is 12.1 Å². The van der Waals surface area contributed by atoms with E-state index in [9.17, 15) is 14.4 Å². The van der Waals surface area contributed by atoms with Gasteiger partial charge in [0.2, 0.25) is 0 Å². The van der Waals surface area contributed by atoms with Crippen LogP contribution in [0.4, 0.5) is 4.79 Å². The molecule has 1 unspecified atom stereocenters. The third-order valence-electron chi connectivity index (χ3n) is 6.57. The highest BCUT2D eigenvalue weighted by Crippen LogP contribution is 2.35. The van der Waals surface area contributed by atoms with Gasteiger partial charge in [0, 0.05) is 32.7 Å². The van der Waals surface area contributed by atoms with Crippen LogP contribution in [0.3, 0.4) is 0 Å². The first-order chi connectivity index (χ1) is 16.7. The summed E-state index contributed by atoms with van der Waals surface area (Å²) in [5.74, 6) is -0.653. The van der Waals surface area contributed by atoms with E-state index in [1.54, 1.807) is 11.9 Å². The lowest BCUT2D eigenvalue weighted by atomic mass is 9.76. The number of amides is 1. The van der Waals surface area contributed by atoms with Crippen molar-refractivity contribution in [2.45, 2.75) is 72.4 Å². The fourth-order valence-electron chi connectivity index (χ4n) is 4.13. The summed E-state index contributed by atoms with van der Waals surface area (Å²) in [6.45, 7) is 11.3. The molecule has 3 rings (SSSR count). The van der Waals surface area contributed by atoms with Gasteiger partial charge in [-0.3, -0.25) is 14.5 Å². The minimum Gasteiger partial charge on any atom is -0.481 e. The Bertz CT molecular complexity index is 757. The molecule has 8 nitrogen and oxygen atoms in total. The summed E-state index contributed by atoms with van der Waals surface area (Å²) in [6, 6.07) is 9.88. The maximum absolute atomic E-state index is 12.1. The molecule has 1 aromatic carbocycles. The highest BCUT2D eigenvalue weighted by molar-refractivity contribution is 5.82. The Morgan fingerprint density at radius 2 is 1.60 bits per heavy atom. The molecule has 0 radical (unpaired) electrons. The van der Waals surface area contributed by atoms with E-state index in [1.165, 1.54) is 18.9 Å². The number of carbonyl (C=O) groups is 3. The zero-order chi connectivity index (χ0) is 26.3. The van der Waals surface area contributed by atoms with E-state index in [4.69, 9.17) is 9.84 Å². The van der Waals surface area contributed by atoms with E-state index in [1.807, 2.05) is 39.0 Å². The van der Waals surface area contributed by atoms with Gasteiger partial charge in [0.05, 0.1) is 5.41 Å². The maximum Gasteiger partial charge on any atom is 0.409 e. The molecular formula is C27H45N3O5. The molecule has 1 heterocycles. The molecule has 1 saturated heterocycles. The van der Waals surface area contributed by atoms with Gasteiger partial charge in [-0.2, -0.15) is 0 Å². The lowest BCUT2D eigenvalue weighted by Gasteiger charge is -2.34. The molecule has 2 fully saturated rings. The third-order valence-corrected chi connectivity index (χ3v) is 6.57. The van der Waals surface area contributed by atoms with Gasteiger partial charge < -0.3 is 20.1 Å². The Balaban J connectivity index is 0.000000425. The molecule has 8 heteroatoms. The molecule has 2 aliphatic rings. The Kier molecular flexibility index (Phi) is 14.2. The van der Waals surface area contributed by atoms with Gasteiger partial charge in [-0.25, -0.2) is 4.79 Å². The van der Waals surface area contributed by atoms with Gasteiger partial charge in [0.25, 0.3) is 0 Å². The number of Topliss-reactive ketones (excluding diaryl/α,β-unsaturated/α-hetero) is 1. The Morgan fingerprint density at radius 3 is 2.06 bits per heavy atom. The van der Waals surface area contributed by atoms with Gasteiger partial charge in [-0.15, -0.1) is 0 Å². The van der Waals surface area contributed by atoms with E-state index in [0.717, 1.165) is 45.3 Å². The number of likely N-dealkylation sites (N-methyl/N-ethyl adjacent to an activating group) is 1. The van der Waals surface area contributed by atoms with Crippen molar-refractivity contribution in [3.63, 3.8) is 0 Å². The van der Waals surface area contributed by atoms with Crippen molar-refractivity contribution in [3.8, 4) is 0 Å². The molecule has 0 spiro atoms. The molecular weight excluding hydrogens is 446 g/mol. The Hall–Kier alpha value is -2.45. The van der Waals surface area contributed by atoms with E-state index in [-0.39, 0.29) is 18.5 Å². The summed E-state index contributed by atoms with van der Waals surface area (Å²) in [4.78, 5) is 38.1. The second-order valence-corrected chi connectivity index (χ2v) is 9.20. The van der Waals surface area contributed by atoms with Gasteiger partial charge in [-0.1, -0.05) is 63.4 Å². The highest BCUT2D eigenvalue weighted by Gasteiger charge is 2.34. The average Bonchev–Trinajstić information content (AvgIpc) is 2.87. The van der Waals surface area contributed by atoms with E-state index >= 15 is 0 Å². The lowest BCUT2D eigenvalue weighted by Crippen LogP contribution is -2.49. The number of hydrogen-bond acceptors (Lipinski definition) is 6. The van der Waals surface area contributed by atoms with Crippen LogP contribution in [0.5, 0.6) is 0 Å². The molecule has 2 N–H and O–H groups in total. The fraction of sp³-hybridized carbons (Fsp3) is 0.667. The second-order valence-electron chi connectivity index (χ2n) is 9.20. The first-order valence-electron chi connectivity index (χ1n) is 12.8. The number of nitrogens with one attached hydrogen (secondary N) is 1. The van der Waals surface area contributed by atoms with Crippen LogP contribution >= 0.6 is 0 Å². The standard InChI is InChI=1S/C17H25N3O3.C8H14O2.C2H6/c1-14(21)16(18-2)13-23-17(22)20-10-8-19(9-11-20)12-15-6-4-3-5-7-15;1-8(7(9)10)5-3-2-4-6-8;1-2/h3-7,16,18H,8-13H2,1-2H3;2-6H2,1H3,(H,9,10);1-2H3. The quantitative estimate of drug-likeness (QED) is 0.590. The van der Waals surface area contributed by atoms with Crippen LogP contribution in [0, 0.1) is 5.41 Å². The summed E-state index contributed by atoms with van der Waals surface area (Å²) in [5.41, 5.74) is 0.875. The summed E-state index contributed by atoms with van der Waals surface area (Å²) in [6.07, 6.45) is 4.77. The first-order valence-corrected chi connectivity index (χ1v) is 12.8. The smallest absolute Gasteiger partial charge is 0.409 e. The number of piperazine rings is 1. The Labute approximate surface area is 211 Å². The van der Waals surface area contributed by atoms with E-state index < -0.39 is 17.4 Å². The van der Waals surface area contributed by atoms with Gasteiger partial charge in [0.15, 0.2) is 0 Å². The van der Waals surface area contributed by atoms with Crippen LogP contribution in [0.15, 0.2) is 30.3 Å². The largest absolute Gasteiger partial charge is 0.481 e. The van der Waals surface area contributed by atoms with Crippen molar-refractivity contribution in [1.29, 1.82) is 0 Å². The van der Waals surface area contributed by atoms with Gasteiger partial charge in [-0.05, 0) is 39.3 Å². The molecule has 1 amide bonds. The number of nitrogens with zero attached hydrogens (tertiary/aromatic N) is 2. The summed E-state index contributed by atoms with van der Waals surface area (Å²) in [7, 11) is 1.68. The molecule has 0 bridgehead atoms. The number of ketones is 1. The number of ether oxygens (including phenoxy) is 1. The topological polar surface area (TPSA) is 99.2 Å². The first kappa shape index (κ1) is 30.6.